The van der Waals surface area contributed by atoms with Crippen molar-refractivity contribution in [2.45, 2.75) is 65.3 Å². The van der Waals surface area contributed by atoms with Crippen LogP contribution in [0, 0.1) is 11.8 Å². The van der Waals surface area contributed by atoms with Crippen LogP contribution in [0.4, 0.5) is 0 Å². The maximum Gasteiger partial charge on any atom is 0.157 e. The van der Waals surface area contributed by atoms with Gasteiger partial charge in [0.1, 0.15) is 0 Å². The Bertz CT molecular complexity index is 190. The molecule has 0 radical (unpaired) electrons. The van der Waals surface area contributed by atoms with Crippen molar-refractivity contribution in [2.75, 3.05) is 13.2 Å². The van der Waals surface area contributed by atoms with Crippen LogP contribution in [0.25, 0.3) is 0 Å². The van der Waals surface area contributed by atoms with E-state index < -0.39 is 0 Å². The molecule has 0 aromatic rings. The van der Waals surface area contributed by atoms with Gasteiger partial charge in [-0.25, -0.2) is 0 Å². The molecular weight excluding hydrogens is 216 g/mol. The molecule has 4 atom stereocenters. The fourth-order valence-corrected chi connectivity index (χ4v) is 2.55. The Morgan fingerprint density at radius 3 is 2.59 bits per heavy atom. The van der Waals surface area contributed by atoms with Gasteiger partial charge in [0.25, 0.3) is 0 Å². The molecule has 1 heterocycles. The summed E-state index contributed by atoms with van der Waals surface area (Å²) in [6.45, 7) is 7.45. The number of hydrogen-bond acceptors (Lipinski definition) is 3. The molecule has 0 spiro atoms. The van der Waals surface area contributed by atoms with Crippen molar-refractivity contribution in [3.05, 3.63) is 0 Å². The monoisotopic (exact) mass is 244 g/mol. The van der Waals surface area contributed by atoms with Crippen molar-refractivity contribution in [3.63, 3.8) is 0 Å². The van der Waals surface area contributed by atoms with Crippen molar-refractivity contribution in [3.8, 4) is 0 Å². The first-order valence-electron chi connectivity index (χ1n) is 7.07. The van der Waals surface area contributed by atoms with E-state index in [4.69, 9.17) is 9.47 Å². The lowest BCUT2D eigenvalue weighted by Crippen LogP contribution is -2.37. The molecular formula is C14H28O3. The fourth-order valence-electron chi connectivity index (χ4n) is 2.55. The summed E-state index contributed by atoms with van der Waals surface area (Å²) >= 11 is 0. The molecule has 0 aliphatic carbocycles. The van der Waals surface area contributed by atoms with Crippen LogP contribution >= 0.6 is 0 Å². The molecule has 1 rings (SSSR count). The van der Waals surface area contributed by atoms with Gasteiger partial charge < -0.3 is 14.6 Å². The van der Waals surface area contributed by atoms with Crippen LogP contribution in [0.5, 0.6) is 0 Å². The van der Waals surface area contributed by atoms with Crippen LogP contribution < -0.4 is 0 Å². The Morgan fingerprint density at radius 2 is 2.06 bits per heavy atom. The Balaban J connectivity index is 2.49. The second-order valence-corrected chi connectivity index (χ2v) is 5.32. The van der Waals surface area contributed by atoms with Crippen LogP contribution in [0.15, 0.2) is 0 Å². The second-order valence-electron chi connectivity index (χ2n) is 5.32. The smallest absolute Gasteiger partial charge is 0.157 e. The third-order valence-electron chi connectivity index (χ3n) is 3.60. The molecule has 102 valence electrons. The SMILES string of the molecule is CCCC(C)C(OC1CCCCO1)C(C)CO. The zero-order chi connectivity index (χ0) is 12.7. The number of ether oxygens (including phenoxy) is 2. The average molecular weight is 244 g/mol. The number of aliphatic hydroxyl groups is 1. The van der Waals surface area contributed by atoms with E-state index in [9.17, 15) is 5.11 Å². The largest absolute Gasteiger partial charge is 0.396 e. The first-order valence-corrected chi connectivity index (χ1v) is 7.07. The van der Waals surface area contributed by atoms with E-state index in [2.05, 4.69) is 20.8 Å². The summed E-state index contributed by atoms with van der Waals surface area (Å²) in [6, 6.07) is 0. The topological polar surface area (TPSA) is 38.7 Å². The molecule has 0 amide bonds. The molecule has 0 aromatic heterocycles. The minimum absolute atomic E-state index is 0.0537. The summed E-state index contributed by atoms with van der Waals surface area (Å²) in [7, 11) is 0. The van der Waals surface area contributed by atoms with E-state index in [-0.39, 0.29) is 24.9 Å². The normalized spacial score (nSPS) is 26.5. The molecule has 0 saturated carbocycles. The summed E-state index contributed by atoms with van der Waals surface area (Å²) in [5.41, 5.74) is 0. The van der Waals surface area contributed by atoms with Gasteiger partial charge in [-0.15, -0.1) is 0 Å². The molecule has 17 heavy (non-hydrogen) atoms. The lowest BCUT2D eigenvalue weighted by Gasteiger charge is -2.34. The van der Waals surface area contributed by atoms with Gasteiger partial charge in [-0.05, 0) is 31.6 Å². The van der Waals surface area contributed by atoms with Crippen LogP contribution in [-0.2, 0) is 9.47 Å². The van der Waals surface area contributed by atoms with E-state index in [0.29, 0.717) is 5.92 Å². The summed E-state index contributed by atoms with van der Waals surface area (Å²) < 4.78 is 11.7. The summed E-state index contributed by atoms with van der Waals surface area (Å²) in [5.74, 6) is 0.662. The van der Waals surface area contributed by atoms with Gasteiger partial charge in [-0.1, -0.05) is 27.2 Å². The van der Waals surface area contributed by atoms with Crippen molar-refractivity contribution >= 4 is 0 Å². The molecule has 0 aromatic carbocycles. The molecule has 4 unspecified atom stereocenters. The predicted octanol–water partition coefficient (Wildman–Crippen LogP) is 2.96. The van der Waals surface area contributed by atoms with Crippen LogP contribution in [-0.4, -0.2) is 30.7 Å². The Labute approximate surface area is 105 Å². The second kappa shape index (κ2) is 8.06. The Morgan fingerprint density at radius 1 is 1.29 bits per heavy atom. The molecule has 3 heteroatoms. The van der Waals surface area contributed by atoms with Gasteiger partial charge in [-0.3, -0.25) is 0 Å². The van der Waals surface area contributed by atoms with Crippen molar-refractivity contribution in [1.82, 2.24) is 0 Å². The highest BCUT2D eigenvalue weighted by molar-refractivity contribution is 4.73. The van der Waals surface area contributed by atoms with E-state index in [1.807, 2.05) is 0 Å². The highest BCUT2D eigenvalue weighted by Gasteiger charge is 2.28. The molecule has 1 aliphatic rings. The summed E-state index contributed by atoms with van der Waals surface area (Å²) in [5, 5.41) is 9.33. The van der Waals surface area contributed by atoms with Gasteiger partial charge in [-0.2, -0.15) is 0 Å². The summed E-state index contributed by atoms with van der Waals surface area (Å²) in [4.78, 5) is 0. The third kappa shape index (κ3) is 4.94. The van der Waals surface area contributed by atoms with E-state index in [1.54, 1.807) is 0 Å². The molecule has 1 aliphatic heterocycles. The van der Waals surface area contributed by atoms with Gasteiger partial charge in [0.2, 0.25) is 0 Å². The third-order valence-corrected chi connectivity index (χ3v) is 3.60. The van der Waals surface area contributed by atoms with E-state index in [1.165, 1.54) is 6.42 Å². The zero-order valence-corrected chi connectivity index (χ0v) is 11.5. The van der Waals surface area contributed by atoms with E-state index in [0.717, 1.165) is 32.3 Å². The van der Waals surface area contributed by atoms with Crippen LogP contribution in [0.3, 0.4) is 0 Å². The standard InChI is InChI=1S/C14H28O3/c1-4-7-11(2)14(12(3)10-15)17-13-8-5-6-9-16-13/h11-15H,4-10H2,1-3H3. The van der Waals surface area contributed by atoms with Crippen LogP contribution in [0.2, 0.25) is 0 Å². The lowest BCUT2D eigenvalue weighted by atomic mass is 9.90. The lowest BCUT2D eigenvalue weighted by molar-refractivity contribution is -0.210. The number of hydrogen-bond donors (Lipinski definition) is 1. The first kappa shape index (κ1) is 14.9. The minimum Gasteiger partial charge on any atom is -0.396 e. The molecule has 3 nitrogen and oxygen atoms in total. The van der Waals surface area contributed by atoms with Gasteiger partial charge in [0, 0.05) is 19.1 Å². The highest BCUT2D eigenvalue weighted by Crippen LogP contribution is 2.25. The van der Waals surface area contributed by atoms with Crippen LogP contribution in [0.1, 0.15) is 52.9 Å². The van der Waals surface area contributed by atoms with Gasteiger partial charge in [0.15, 0.2) is 6.29 Å². The Kier molecular flexibility index (Phi) is 7.09. The fraction of sp³-hybridized carbons (Fsp3) is 1.00. The molecule has 0 bridgehead atoms. The maximum atomic E-state index is 9.33. The molecule has 1 saturated heterocycles. The van der Waals surface area contributed by atoms with Crippen molar-refractivity contribution < 1.29 is 14.6 Å². The van der Waals surface area contributed by atoms with E-state index >= 15 is 0 Å². The molecule has 1 fully saturated rings. The average Bonchev–Trinajstić information content (AvgIpc) is 2.36. The number of aliphatic hydroxyl groups excluding tert-OH is 1. The summed E-state index contributed by atoms with van der Waals surface area (Å²) in [6.07, 6.45) is 5.68. The number of rotatable bonds is 7. The quantitative estimate of drug-likeness (QED) is 0.748. The van der Waals surface area contributed by atoms with Crippen molar-refractivity contribution in [2.24, 2.45) is 11.8 Å². The minimum atomic E-state index is -0.0537. The van der Waals surface area contributed by atoms with Gasteiger partial charge in [0.05, 0.1) is 6.10 Å². The molecule has 1 N–H and O–H groups in total. The predicted molar refractivity (Wildman–Crippen MR) is 68.8 cm³/mol. The Hall–Kier alpha value is -0.120. The van der Waals surface area contributed by atoms with Gasteiger partial charge >= 0.3 is 0 Å². The zero-order valence-electron chi connectivity index (χ0n) is 11.5. The highest BCUT2D eigenvalue weighted by atomic mass is 16.7. The van der Waals surface area contributed by atoms with Crippen molar-refractivity contribution in [1.29, 1.82) is 0 Å². The maximum absolute atomic E-state index is 9.33. The first-order chi connectivity index (χ1) is 8.19.